The molecule has 1 nitrogen and oxygen atoms in total. The maximum Gasteiger partial charge on any atom is 0.0849 e. The van der Waals surface area contributed by atoms with E-state index in [-0.39, 0.29) is 0 Å². The van der Waals surface area contributed by atoms with Gasteiger partial charge in [-0.2, -0.15) is 0 Å². The largest absolute Gasteiger partial charge is 0.244 e. The molecule has 0 amide bonds. The Labute approximate surface area is 82.4 Å². The number of rotatable bonds is 1. The molecule has 0 radical (unpaired) electrons. The Morgan fingerprint density at radius 2 is 2.08 bits per heavy atom. The number of aromatic nitrogens is 1. The van der Waals surface area contributed by atoms with Gasteiger partial charge in [0.1, 0.15) is 0 Å². The van der Waals surface area contributed by atoms with Crippen molar-refractivity contribution < 1.29 is 0 Å². The van der Waals surface area contributed by atoms with Crippen LogP contribution in [-0.2, 0) is 0 Å². The highest BCUT2D eigenvalue weighted by Gasteiger charge is 2.09. The van der Waals surface area contributed by atoms with Crippen molar-refractivity contribution in [3.63, 3.8) is 0 Å². The summed E-state index contributed by atoms with van der Waals surface area (Å²) in [6, 6.07) is 4.35. The quantitative estimate of drug-likeness (QED) is 0.669. The van der Waals surface area contributed by atoms with Crippen molar-refractivity contribution in [2.75, 3.05) is 0 Å². The molecule has 1 aromatic carbocycles. The van der Waals surface area contributed by atoms with E-state index < -0.39 is 0 Å². The Morgan fingerprint density at radius 3 is 2.77 bits per heavy atom. The summed E-state index contributed by atoms with van der Waals surface area (Å²) in [5.74, 6) is 0.561. The van der Waals surface area contributed by atoms with Gasteiger partial charge in [-0.3, -0.25) is 0 Å². The third-order valence-corrected chi connectivity index (χ3v) is 3.13. The first-order valence-corrected chi connectivity index (χ1v) is 5.41. The molecule has 68 valence electrons. The molecule has 0 saturated heterocycles. The lowest BCUT2D eigenvalue weighted by Crippen LogP contribution is -1.92. The molecule has 0 aliphatic rings. The fourth-order valence-corrected chi connectivity index (χ4v) is 2.47. The average molecular weight is 191 g/mol. The predicted octanol–water partition coefficient (Wildman–Crippen LogP) is 3.73. The first-order chi connectivity index (χ1) is 6.20. The molecule has 0 saturated carbocycles. The van der Waals surface area contributed by atoms with E-state index in [9.17, 15) is 0 Å². The van der Waals surface area contributed by atoms with Crippen LogP contribution in [0.5, 0.6) is 0 Å². The molecule has 0 bridgehead atoms. The van der Waals surface area contributed by atoms with Gasteiger partial charge >= 0.3 is 0 Å². The zero-order valence-corrected chi connectivity index (χ0v) is 8.98. The van der Waals surface area contributed by atoms with Gasteiger partial charge < -0.3 is 0 Å². The molecule has 2 rings (SSSR count). The number of thiazole rings is 1. The van der Waals surface area contributed by atoms with Crippen LogP contribution in [-0.4, -0.2) is 4.98 Å². The van der Waals surface area contributed by atoms with Crippen LogP contribution in [0.25, 0.3) is 10.2 Å². The molecule has 0 aliphatic heterocycles. The zero-order valence-electron chi connectivity index (χ0n) is 8.16. The summed E-state index contributed by atoms with van der Waals surface area (Å²) in [6.07, 6.45) is 0. The Balaban J connectivity index is 2.80. The highest BCUT2D eigenvalue weighted by atomic mass is 32.1. The topological polar surface area (TPSA) is 12.9 Å². The lowest BCUT2D eigenvalue weighted by molar-refractivity contribution is 0.864. The lowest BCUT2D eigenvalue weighted by atomic mass is 9.97. The molecule has 0 unspecified atom stereocenters. The molecule has 0 N–H and O–H groups in total. The summed E-state index contributed by atoms with van der Waals surface area (Å²) in [7, 11) is 0. The Morgan fingerprint density at radius 1 is 1.31 bits per heavy atom. The lowest BCUT2D eigenvalue weighted by Gasteiger charge is -2.09. The van der Waals surface area contributed by atoms with Gasteiger partial charge in [0.2, 0.25) is 0 Å². The van der Waals surface area contributed by atoms with E-state index in [1.807, 2.05) is 5.51 Å². The van der Waals surface area contributed by atoms with Crippen LogP contribution in [0.4, 0.5) is 0 Å². The number of nitrogens with zero attached hydrogens (tertiary/aromatic N) is 1. The number of fused-ring (bicyclic) bond motifs is 1. The number of benzene rings is 1. The molecule has 0 atom stereocenters. The maximum atomic E-state index is 4.42. The van der Waals surface area contributed by atoms with Gasteiger partial charge in [-0.1, -0.05) is 19.9 Å². The summed E-state index contributed by atoms with van der Waals surface area (Å²) in [6.45, 7) is 6.61. The molecule has 2 aromatic rings. The van der Waals surface area contributed by atoms with Gasteiger partial charge in [0.05, 0.1) is 15.7 Å². The third-order valence-electron chi connectivity index (χ3n) is 2.34. The molecular formula is C11H13NS. The molecule has 13 heavy (non-hydrogen) atoms. The standard InChI is InChI=1S/C11H13NS/c1-7(2)10-8(3)4-5-9-11(10)12-6-13-9/h4-7H,1-3H3. The smallest absolute Gasteiger partial charge is 0.0849 e. The highest BCUT2D eigenvalue weighted by Crippen LogP contribution is 2.29. The van der Waals surface area contributed by atoms with Crippen LogP contribution in [0.2, 0.25) is 0 Å². The summed E-state index contributed by atoms with van der Waals surface area (Å²) >= 11 is 1.72. The summed E-state index contributed by atoms with van der Waals surface area (Å²) in [4.78, 5) is 4.42. The molecule has 0 aliphatic carbocycles. The van der Waals surface area contributed by atoms with Crippen molar-refractivity contribution in [1.29, 1.82) is 0 Å². The van der Waals surface area contributed by atoms with Crippen LogP contribution in [0, 0.1) is 6.92 Å². The van der Waals surface area contributed by atoms with Crippen molar-refractivity contribution in [3.8, 4) is 0 Å². The van der Waals surface area contributed by atoms with Crippen LogP contribution in [0.1, 0.15) is 30.9 Å². The van der Waals surface area contributed by atoms with E-state index in [0.29, 0.717) is 5.92 Å². The first kappa shape index (κ1) is 8.70. The van der Waals surface area contributed by atoms with E-state index in [2.05, 4.69) is 37.9 Å². The minimum Gasteiger partial charge on any atom is -0.244 e. The minimum atomic E-state index is 0.561. The van der Waals surface area contributed by atoms with Gasteiger partial charge in [-0.05, 0) is 30.0 Å². The Hall–Kier alpha value is -0.890. The van der Waals surface area contributed by atoms with Crippen molar-refractivity contribution >= 4 is 21.6 Å². The fraction of sp³-hybridized carbons (Fsp3) is 0.364. The van der Waals surface area contributed by atoms with Gasteiger partial charge in [-0.15, -0.1) is 11.3 Å². The van der Waals surface area contributed by atoms with Gasteiger partial charge in [0.15, 0.2) is 0 Å². The van der Waals surface area contributed by atoms with E-state index in [4.69, 9.17) is 0 Å². The van der Waals surface area contributed by atoms with E-state index >= 15 is 0 Å². The second-order valence-corrected chi connectivity index (χ2v) is 4.54. The molecule has 0 spiro atoms. The SMILES string of the molecule is Cc1ccc2scnc2c1C(C)C. The highest BCUT2D eigenvalue weighted by molar-refractivity contribution is 7.16. The predicted molar refractivity (Wildman–Crippen MR) is 58.4 cm³/mol. The van der Waals surface area contributed by atoms with Gasteiger partial charge in [0, 0.05) is 0 Å². The Bertz CT molecular complexity index is 429. The Kier molecular flexibility index (Phi) is 2.08. The second-order valence-electron chi connectivity index (χ2n) is 3.65. The first-order valence-electron chi connectivity index (χ1n) is 4.53. The van der Waals surface area contributed by atoms with Crippen LogP contribution in [0.15, 0.2) is 17.6 Å². The summed E-state index contributed by atoms with van der Waals surface area (Å²) in [5, 5.41) is 0. The average Bonchev–Trinajstić information content (AvgIpc) is 2.50. The molecule has 1 aromatic heterocycles. The normalized spacial score (nSPS) is 11.4. The van der Waals surface area contributed by atoms with E-state index in [0.717, 1.165) is 0 Å². The zero-order chi connectivity index (χ0) is 9.42. The van der Waals surface area contributed by atoms with Gasteiger partial charge in [-0.25, -0.2) is 4.98 Å². The van der Waals surface area contributed by atoms with Crippen molar-refractivity contribution in [2.45, 2.75) is 26.7 Å². The minimum absolute atomic E-state index is 0.561. The number of aryl methyl sites for hydroxylation is 1. The van der Waals surface area contributed by atoms with E-state index in [1.54, 1.807) is 11.3 Å². The molecule has 2 heteroatoms. The number of hydrogen-bond donors (Lipinski definition) is 0. The van der Waals surface area contributed by atoms with Crippen LogP contribution < -0.4 is 0 Å². The van der Waals surface area contributed by atoms with Crippen molar-refractivity contribution in [2.24, 2.45) is 0 Å². The molecule has 0 fully saturated rings. The van der Waals surface area contributed by atoms with Crippen LogP contribution in [0.3, 0.4) is 0 Å². The molecule has 1 heterocycles. The third kappa shape index (κ3) is 1.35. The summed E-state index contributed by atoms with van der Waals surface area (Å²) < 4.78 is 1.30. The maximum absolute atomic E-state index is 4.42. The monoisotopic (exact) mass is 191 g/mol. The second kappa shape index (κ2) is 3.11. The van der Waals surface area contributed by atoms with Crippen LogP contribution >= 0.6 is 11.3 Å². The molecular weight excluding hydrogens is 178 g/mol. The fourth-order valence-electron chi connectivity index (χ4n) is 1.78. The van der Waals surface area contributed by atoms with Crippen molar-refractivity contribution in [1.82, 2.24) is 4.98 Å². The van der Waals surface area contributed by atoms with Gasteiger partial charge in [0.25, 0.3) is 0 Å². The number of hydrogen-bond acceptors (Lipinski definition) is 2. The van der Waals surface area contributed by atoms with Crippen molar-refractivity contribution in [3.05, 3.63) is 28.8 Å². The summed E-state index contributed by atoms with van der Waals surface area (Å²) in [5.41, 5.74) is 5.88. The van der Waals surface area contributed by atoms with E-state index in [1.165, 1.54) is 21.3 Å².